The van der Waals surface area contributed by atoms with Crippen molar-refractivity contribution in [3.05, 3.63) is 53.9 Å². The average Bonchev–Trinajstić information content (AvgIpc) is 2.93. The average molecular weight is 290 g/mol. The molecule has 2 rings (SSSR count). The predicted molar refractivity (Wildman–Crippen MR) is 73.6 cm³/mol. The normalized spacial score (nSPS) is 11.2. The minimum absolute atomic E-state index is 0.0550. The number of nitrogens with zero attached hydrogens (tertiary/aromatic N) is 2. The molecule has 0 unspecified atom stereocenters. The fourth-order valence-corrected chi connectivity index (χ4v) is 3.11. The predicted octanol–water partition coefficient (Wildman–Crippen LogP) is 1.33. The molecule has 0 atom stereocenters. The van der Waals surface area contributed by atoms with Gasteiger partial charge in [0, 0.05) is 18.4 Å². The van der Waals surface area contributed by atoms with Gasteiger partial charge >= 0.3 is 0 Å². The first-order valence-electron chi connectivity index (χ1n) is 6.04. The van der Waals surface area contributed by atoms with Crippen LogP contribution in [0, 0.1) is 11.3 Å². The lowest BCUT2D eigenvalue weighted by Gasteiger charge is -2.08. The van der Waals surface area contributed by atoms with Crippen LogP contribution in [-0.2, 0) is 23.0 Å². The molecule has 0 fully saturated rings. The highest BCUT2D eigenvalue weighted by Crippen LogP contribution is 2.13. The van der Waals surface area contributed by atoms with Gasteiger partial charge in [-0.15, -0.1) is 0 Å². The Morgan fingerprint density at radius 1 is 1.20 bits per heavy atom. The van der Waals surface area contributed by atoms with Crippen LogP contribution in [0.3, 0.4) is 0 Å². The van der Waals surface area contributed by atoms with Crippen molar-refractivity contribution < 1.29 is 13.5 Å². The van der Waals surface area contributed by atoms with Crippen LogP contribution in [0.15, 0.2) is 47.5 Å². The SMILES string of the molecule is N#Cc1ccc(S(=O)(=O)CCn2cccc2CO)cc1. The standard InChI is InChI=1S/C14H14N2O3S/c15-10-12-3-5-14(6-4-12)20(18,19)9-8-16-7-1-2-13(16)11-17/h1-7,17H,8-9,11H2. The highest BCUT2D eigenvalue weighted by Gasteiger charge is 2.14. The van der Waals surface area contributed by atoms with E-state index >= 15 is 0 Å². The molecule has 2 aromatic rings. The van der Waals surface area contributed by atoms with E-state index in [0.717, 1.165) is 0 Å². The molecule has 5 nitrogen and oxygen atoms in total. The Kier molecular flexibility index (Phi) is 4.23. The Morgan fingerprint density at radius 3 is 2.50 bits per heavy atom. The van der Waals surface area contributed by atoms with E-state index in [2.05, 4.69) is 0 Å². The van der Waals surface area contributed by atoms with E-state index in [1.54, 1.807) is 22.9 Å². The molecular formula is C14H14N2O3S. The van der Waals surface area contributed by atoms with Crippen molar-refractivity contribution in [1.82, 2.24) is 4.57 Å². The Bertz CT molecular complexity index is 725. The third-order valence-corrected chi connectivity index (χ3v) is 4.74. The van der Waals surface area contributed by atoms with Crippen LogP contribution in [0.2, 0.25) is 0 Å². The maximum absolute atomic E-state index is 12.2. The zero-order valence-corrected chi connectivity index (χ0v) is 11.5. The van der Waals surface area contributed by atoms with Crippen molar-refractivity contribution in [3.8, 4) is 6.07 Å². The lowest BCUT2D eigenvalue weighted by Crippen LogP contribution is -2.14. The second-order valence-corrected chi connectivity index (χ2v) is 6.42. The number of aryl methyl sites for hydroxylation is 1. The third kappa shape index (κ3) is 3.07. The van der Waals surface area contributed by atoms with Crippen molar-refractivity contribution in [2.24, 2.45) is 0 Å². The van der Waals surface area contributed by atoms with Crippen LogP contribution in [0.25, 0.3) is 0 Å². The minimum Gasteiger partial charge on any atom is -0.390 e. The number of aliphatic hydroxyl groups is 1. The summed E-state index contributed by atoms with van der Waals surface area (Å²) in [5.41, 5.74) is 1.11. The Morgan fingerprint density at radius 2 is 1.90 bits per heavy atom. The molecule has 1 heterocycles. The molecule has 0 saturated carbocycles. The topological polar surface area (TPSA) is 83.1 Å². The number of nitriles is 1. The smallest absolute Gasteiger partial charge is 0.180 e. The van der Waals surface area contributed by atoms with Gasteiger partial charge in [0.15, 0.2) is 9.84 Å². The molecule has 20 heavy (non-hydrogen) atoms. The highest BCUT2D eigenvalue weighted by atomic mass is 32.2. The first kappa shape index (κ1) is 14.3. The fourth-order valence-electron chi connectivity index (χ4n) is 1.88. The molecule has 0 aliphatic rings. The van der Waals surface area contributed by atoms with Gasteiger partial charge in [-0.05, 0) is 36.4 Å². The quantitative estimate of drug-likeness (QED) is 0.900. The fraction of sp³-hybridized carbons (Fsp3) is 0.214. The highest BCUT2D eigenvalue weighted by molar-refractivity contribution is 7.91. The first-order chi connectivity index (χ1) is 9.56. The number of aliphatic hydroxyl groups excluding tert-OH is 1. The summed E-state index contributed by atoms with van der Waals surface area (Å²) in [5.74, 6) is -0.0550. The lowest BCUT2D eigenvalue weighted by atomic mass is 10.2. The zero-order chi connectivity index (χ0) is 14.6. The van der Waals surface area contributed by atoms with Gasteiger partial charge in [0.1, 0.15) is 0 Å². The van der Waals surface area contributed by atoms with Gasteiger partial charge in [0.05, 0.1) is 28.9 Å². The van der Waals surface area contributed by atoms with Crippen LogP contribution in [-0.4, -0.2) is 23.8 Å². The molecule has 1 aromatic carbocycles. The molecule has 104 valence electrons. The zero-order valence-electron chi connectivity index (χ0n) is 10.7. The van der Waals surface area contributed by atoms with Crippen LogP contribution in [0.4, 0.5) is 0 Å². The molecular weight excluding hydrogens is 276 g/mol. The van der Waals surface area contributed by atoms with E-state index < -0.39 is 9.84 Å². The maximum atomic E-state index is 12.2. The van der Waals surface area contributed by atoms with E-state index in [1.807, 2.05) is 6.07 Å². The summed E-state index contributed by atoms with van der Waals surface area (Å²) in [7, 11) is -3.40. The Labute approximate surface area is 117 Å². The molecule has 0 aliphatic heterocycles. The first-order valence-corrected chi connectivity index (χ1v) is 7.70. The van der Waals surface area contributed by atoms with Crippen LogP contribution >= 0.6 is 0 Å². The van der Waals surface area contributed by atoms with Crippen molar-refractivity contribution in [2.75, 3.05) is 5.75 Å². The number of sulfone groups is 1. The summed E-state index contributed by atoms with van der Waals surface area (Å²) >= 11 is 0. The summed E-state index contributed by atoms with van der Waals surface area (Å²) in [6.45, 7) is 0.162. The van der Waals surface area contributed by atoms with Crippen molar-refractivity contribution >= 4 is 9.84 Å². The number of hydrogen-bond donors (Lipinski definition) is 1. The second-order valence-electron chi connectivity index (χ2n) is 4.31. The summed E-state index contributed by atoms with van der Waals surface area (Å²) in [4.78, 5) is 0.203. The van der Waals surface area contributed by atoms with Gasteiger partial charge < -0.3 is 9.67 Å². The monoisotopic (exact) mass is 290 g/mol. The van der Waals surface area contributed by atoms with Crippen LogP contribution < -0.4 is 0 Å². The summed E-state index contributed by atoms with van der Waals surface area (Å²) < 4.78 is 26.0. The minimum atomic E-state index is -3.40. The molecule has 1 aromatic heterocycles. The van der Waals surface area contributed by atoms with Gasteiger partial charge in [0.2, 0.25) is 0 Å². The largest absolute Gasteiger partial charge is 0.390 e. The van der Waals surface area contributed by atoms with Crippen molar-refractivity contribution in [2.45, 2.75) is 18.0 Å². The van der Waals surface area contributed by atoms with Crippen molar-refractivity contribution in [1.29, 1.82) is 5.26 Å². The molecule has 0 bridgehead atoms. The van der Waals surface area contributed by atoms with Gasteiger partial charge in [-0.25, -0.2) is 8.42 Å². The molecule has 0 amide bonds. The second kappa shape index (κ2) is 5.90. The molecule has 0 radical (unpaired) electrons. The summed E-state index contributed by atoms with van der Waals surface area (Å²) in [6.07, 6.45) is 1.74. The van der Waals surface area contributed by atoms with E-state index in [4.69, 9.17) is 10.4 Å². The summed E-state index contributed by atoms with van der Waals surface area (Å²) in [6, 6.07) is 11.3. The Hall–Kier alpha value is -2.10. The number of benzene rings is 1. The van der Waals surface area contributed by atoms with E-state index in [-0.39, 0.29) is 23.8 Å². The lowest BCUT2D eigenvalue weighted by molar-refractivity contribution is 0.271. The maximum Gasteiger partial charge on any atom is 0.180 e. The molecule has 0 aliphatic carbocycles. The van der Waals surface area contributed by atoms with E-state index in [1.165, 1.54) is 24.3 Å². The summed E-state index contributed by atoms with van der Waals surface area (Å²) in [5, 5.41) is 17.8. The number of hydrogen-bond acceptors (Lipinski definition) is 4. The van der Waals surface area contributed by atoms with Crippen LogP contribution in [0.1, 0.15) is 11.3 Å². The van der Waals surface area contributed by atoms with Gasteiger partial charge in [0.25, 0.3) is 0 Å². The van der Waals surface area contributed by atoms with Gasteiger partial charge in [-0.1, -0.05) is 0 Å². The van der Waals surface area contributed by atoms with E-state index in [9.17, 15) is 8.42 Å². The molecule has 1 N–H and O–H groups in total. The molecule has 6 heteroatoms. The Balaban J connectivity index is 2.13. The van der Waals surface area contributed by atoms with Crippen molar-refractivity contribution in [3.63, 3.8) is 0 Å². The van der Waals surface area contributed by atoms with Gasteiger partial charge in [-0.2, -0.15) is 5.26 Å². The number of rotatable bonds is 5. The number of aromatic nitrogens is 1. The third-order valence-electron chi connectivity index (χ3n) is 3.03. The van der Waals surface area contributed by atoms with E-state index in [0.29, 0.717) is 11.3 Å². The van der Waals surface area contributed by atoms with Crippen LogP contribution in [0.5, 0.6) is 0 Å². The molecule has 0 saturated heterocycles. The molecule has 0 spiro atoms. The van der Waals surface area contributed by atoms with Gasteiger partial charge in [-0.3, -0.25) is 0 Å².